The van der Waals surface area contributed by atoms with Gasteiger partial charge in [-0.3, -0.25) is 0 Å². The molecular weight excluding hydrogens is 222 g/mol. The van der Waals surface area contributed by atoms with Crippen LogP contribution in [0.4, 0.5) is 0 Å². The first-order valence-electron chi connectivity index (χ1n) is 7.03. The summed E-state index contributed by atoms with van der Waals surface area (Å²) in [7, 11) is 0. The maximum Gasteiger partial charge on any atom is 0.0437 e. The first kappa shape index (κ1) is 15.2. The van der Waals surface area contributed by atoms with Gasteiger partial charge in [-0.1, -0.05) is 45.0 Å². The van der Waals surface area contributed by atoms with Gasteiger partial charge in [0.25, 0.3) is 0 Å². The van der Waals surface area contributed by atoms with Gasteiger partial charge in [-0.05, 0) is 36.3 Å². The van der Waals surface area contributed by atoms with E-state index in [0.29, 0.717) is 5.92 Å². The Morgan fingerprint density at radius 1 is 1.17 bits per heavy atom. The quantitative estimate of drug-likeness (QED) is 0.780. The smallest absolute Gasteiger partial charge is 0.0437 e. The molecule has 0 aromatic heterocycles. The highest BCUT2D eigenvalue weighted by Crippen LogP contribution is 2.24. The van der Waals surface area contributed by atoms with Crippen molar-refractivity contribution < 1.29 is 5.11 Å². The van der Waals surface area contributed by atoms with E-state index in [9.17, 15) is 0 Å². The van der Waals surface area contributed by atoms with E-state index in [1.165, 1.54) is 11.1 Å². The topological polar surface area (TPSA) is 46.2 Å². The summed E-state index contributed by atoms with van der Waals surface area (Å²) in [5.74, 6) is 0.954. The van der Waals surface area contributed by atoms with Crippen molar-refractivity contribution in [2.24, 2.45) is 11.7 Å². The van der Waals surface area contributed by atoms with E-state index in [2.05, 4.69) is 45.0 Å². The molecule has 18 heavy (non-hydrogen) atoms. The van der Waals surface area contributed by atoms with Crippen molar-refractivity contribution in [1.82, 2.24) is 0 Å². The van der Waals surface area contributed by atoms with Gasteiger partial charge in [-0.25, -0.2) is 0 Å². The minimum atomic E-state index is 0.132. The average molecular weight is 249 g/mol. The predicted molar refractivity (Wildman–Crippen MR) is 77.7 cm³/mol. The zero-order valence-corrected chi connectivity index (χ0v) is 11.9. The number of hydrogen-bond donors (Lipinski definition) is 2. The molecule has 1 rings (SSSR count). The maximum absolute atomic E-state index is 9.16. The number of nitrogens with two attached hydrogens (primary N) is 1. The van der Waals surface area contributed by atoms with Crippen molar-refractivity contribution in [3.8, 4) is 0 Å². The van der Waals surface area contributed by atoms with Crippen LogP contribution in [0, 0.1) is 5.92 Å². The number of benzene rings is 1. The molecule has 102 valence electrons. The molecule has 0 fully saturated rings. The molecule has 2 atom stereocenters. The predicted octanol–water partition coefficient (Wildman–Crippen LogP) is 3.09. The molecule has 1 aromatic rings. The first-order valence-corrected chi connectivity index (χ1v) is 7.03. The lowest BCUT2D eigenvalue weighted by atomic mass is 9.87. The van der Waals surface area contributed by atoms with Crippen LogP contribution in [0.1, 0.15) is 50.7 Å². The molecule has 0 amide bonds. The molecule has 2 nitrogen and oxygen atoms in total. The highest BCUT2D eigenvalue weighted by Gasteiger charge is 2.17. The van der Waals surface area contributed by atoms with Gasteiger partial charge in [0, 0.05) is 18.6 Å². The summed E-state index contributed by atoms with van der Waals surface area (Å²) < 4.78 is 0. The van der Waals surface area contributed by atoms with Crippen LogP contribution in [0.25, 0.3) is 0 Å². The summed E-state index contributed by atoms with van der Waals surface area (Å²) in [6.45, 7) is 6.76. The van der Waals surface area contributed by atoms with Crippen LogP contribution in [-0.2, 0) is 6.42 Å². The van der Waals surface area contributed by atoms with Crippen molar-refractivity contribution in [2.75, 3.05) is 6.61 Å². The SMILES string of the molecule is CCC(N)C(CCO)c1ccc(CC(C)C)cc1. The van der Waals surface area contributed by atoms with Gasteiger partial charge in [0.05, 0.1) is 0 Å². The van der Waals surface area contributed by atoms with Crippen LogP contribution >= 0.6 is 0 Å². The van der Waals surface area contributed by atoms with Gasteiger partial charge >= 0.3 is 0 Å². The van der Waals surface area contributed by atoms with Gasteiger partial charge in [0.1, 0.15) is 0 Å². The van der Waals surface area contributed by atoms with E-state index in [-0.39, 0.29) is 18.6 Å². The molecule has 0 heterocycles. The third-order valence-corrected chi connectivity index (χ3v) is 3.48. The summed E-state index contributed by atoms with van der Waals surface area (Å²) in [6.07, 6.45) is 2.81. The third kappa shape index (κ3) is 4.43. The number of aliphatic hydroxyl groups excluding tert-OH is 1. The Labute approximate surface area is 111 Å². The second-order valence-electron chi connectivity index (χ2n) is 5.53. The number of aliphatic hydroxyl groups is 1. The molecule has 2 heteroatoms. The lowest BCUT2D eigenvalue weighted by Crippen LogP contribution is -2.28. The Morgan fingerprint density at radius 3 is 2.22 bits per heavy atom. The van der Waals surface area contributed by atoms with E-state index < -0.39 is 0 Å². The number of rotatable bonds is 7. The second-order valence-corrected chi connectivity index (χ2v) is 5.53. The van der Waals surface area contributed by atoms with Crippen molar-refractivity contribution in [3.05, 3.63) is 35.4 Å². The third-order valence-electron chi connectivity index (χ3n) is 3.48. The lowest BCUT2D eigenvalue weighted by molar-refractivity contribution is 0.266. The largest absolute Gasteiger partial charge is 0.396 e. The Kier molecular flexibility index (Phi) is 6.37. The van der Waals surface area contributed by atoms with E-state index in [1.54, 1.807) is 0 Å². The van der Waals surface area contributed by atoms with Crippen LogP contribution < -0.4 is 5.73 Å². The fourth-order valence-corrected chi connectivity index (χ4v) is 2.42. The molecule has 0 aliphatic rings. The highest BCUT2D eigenvalue weighted by atomic mass is 16.3. The van der Waals surface area contributed by atoms with Crippen LogP contribution in [0.15, 0.2) is 24.3 Å². The van der Waals surface area contributed by atoms with Gasteiger partial charge in [0.2, 0.25) is 0 Å². The van der Waals surface area contributed by atoms with Crippen LogP contribution in [0.3, 0.4) is 0 Å². The van der Waals surface area contributed by atoms with Crippen molar-refractivity contribution in [3.63, 3.8) is 0 Å². The van der Waals surface area contributed by atoms with Gasteiger partial charge < -0.3 is 10.8 Å². The summed E-state index contributed by atoms with van der Waals surface area (Å²) in [4.78, 5) is 0. The van der Waals surface area contributed by atoms with E-state index in [0.717, 1.165) is 19.3 Å². The minimum absolute atomic E-state index is 0.132. The van der Waals surface area contributed by atoms with E-state index in [4.69, 9.17) is 10.8 Å². The fraction of sp³-hybridized carbons (Fsp3) is 0.625. The fourth-order valence-electron chi connectivity index (χ4n) is 2.42. The normalized spacial score (nSPS) is 14.8. The standard InChI is InChI=1S/C16H27NO/c1-4-16(17)15(9-10-18)14-7-5-13(6-8-14)11-12(2)3/h5-8,12,15-16,18H,4,9-11,17H2,1-3H3. The lowest BCUT2D eigenvalue weighted by Gasteiger charge is -2.23. The average Bonchev–Trinajstić information content (AvgIpc) is 2.35. The Morgan fingerprint density at radius 2 is 1.78 bits per heavy atom. The van der Waals surface area contributed by atoms with Crippen LogP contribution in [0.5, 0.6) is 0 Å². The van der Waals surface area contributed by atoms with Crippen LogP contribution in [0.2, 0.25) is 0 Å². The molecule has 3 N–H and O–H groups in total. The van der Waals surface area contributed by atoms with Gasteiger partial charge in [0.15, 0.2) is 0 Å². The summed E-state index contributed by atoms with van der Waals surface area (Å²) in [5, 5.41) is 9.16. The van der Waals surface area contributed by atoms with Crippen molar-refractivity contribution >= 4 is 0 Å². The summed E-state index contributed by atoms with van der Waals surface area (Å²) in [6, 6.07) is 8.87. The monoisotopic (exact) mass is 249 g/mol. The Bertz CT molecular complexity index is 331. The summed E-state index contributed by atoms with van der Waals surface area (Å²) in [5.41, 5.74) is 8.77. The minimum Gasteiger partial charge on any atom is -0.396 e. The summed E-state index contributed by atoms with van der Waals surface area (Å²) >= 11 is 0. The van der Waals surface area contributed by atoms with Crippen LogP contribution in [-0.4, -0.2) is 17.8 Å². The highest BCUT2D eigenvalue weighted by molar-refractivity contribution is 5.26. The molecule has 0 spiro atoms. The molecule has 1 aromatic carbocycles. The van der Waals surface area contributed by atoms with Gasteiger partial charge in [-0.2, -0.15) is 0 Å². The zero-order valence-electron chi connectivity index (χ0n) is 11.9. The molecular formula is C16H27NO. The Hall–Kier alpha value is -0.860. The van der Waals surface area contributed by atoms with Gasteiger partial charge in [-0.15, -0.1) is 0 Å². The molecule has 2 unspecified atom stereocenters. The molecule has 0 bridgehead atoms. The van der Waals surface area contributed by atoms with Crippen molar-refractivity contribution in [1.29, 1.82) is 0 Å². The van der Waals surface area contributed by atoms with Crippen molar-refractivity contribution in [2.45, 2.75) is 52.0 Å². The Balaban J connectivity index is 2.79. The number of hydrogen-bond acceptors (Lipinski definition) is 2. The maximum atomic E-state index is 9.16. The zero-order chi connectivity index (χ0) is 13.5. The van der Waals surface area contributed by atoms with E-state index in [1.807, 2.05) is 0 Å². The molecule has 0 aliphatic carbocycles. The molecule has 0 saturated heterocycles. The first-order chi connectivity index (χ1) is 8.58. The molecule has 0 radical (unpaired) electrons. The second kappa shape index (κ2) is 7.55. The molecule has 0 aliphatic heterocycles. The molecule has 0 saturated carbocycles. The van der Waals surface area contributed by atoms with E-state index >= 15 is 0 Å².